The lowest BCUT2D eigenvalue weighted by molar-refractivity contribution is 0.0925. The van der Waals surface area contributed by atoms with Gasteiger partial charge in [0.05, 0.1) is 12.0 Å². The highest BCUT2D eigenvalue weighted by Gasteiger charge is 2.12. The molecule has 1 aromatic carbocycles. The van der Waals surface area contributed by atoms with Gasteiger partial charge in [0.25, 0.3) is 5.91 Å². The van der Waals surface area contributed by atoms with E-state index in [1.807, 2.05) is 30.3 Å². The normalized spacial score (nSPS) is 11.0. The summed E-state index contributed by atoms with van der Waals surface area (Å²) in [5, 5.41) is 11.1. The molecule has 7 nitrogen and oxygen atoms in total. The van der Waals surface area contributed by atoms with Crippen molar-refractivity contribution in [3.63, 3.8) is 0 Å². The summed E-state index contributed by atoms with van der Waals surface area (Å²) in [6.45, 7) is 1.25. The van der Waals surface area contributed by atoms with E-state index in [1.54, 1.807) is 22.8 Å². The topological polar surface area (TPSA) is 84.5 Å². The predicted molar refractivity (Wildman–Crippen MR) is 118 cm³/mol. The van der Waals surface area contributed by atoms with Gasteiger partial charge in [-0.2, -0.15) is 9.61 Å². The van der Waals surface area contributed by atoms with E-state index in [2.05, 4.69) is 20.7 Å². The molecule has 4 aromatic rings. The van der Waals surface area contributed by atoms with Crippen LogP contribution in [0.3, 0.4) is 0 Å². The lowest BCUT2D eigenvalue weighted by Gasteiger charge is -2.12. The highest BCUT2D eigenvalue weighted by molar-refractivity contribution is 6.36. The minimum atomic E-state index is -0.208. The van der Waals surface area contributed by atoms with Gasteiger partial charge in [-0.25, -0.2) is 4.98 Å². The smallest absolute Gasteiger partial charge is 0.286 e. The first kappa shape index (κ1) is 20.0. The Labute approximate surface area is 179 Å². The van der Waals surface area contributed by atoms with Crippen molar-refractivity contribution in [2.24, 2.45) is 0 Å². The number of furan rings is 1. The Hall–Kier alpha value is -3.26. The molecule has 0 aliphatic rings. The van der Waals surface area contributed by atoms with Gasteiger partial charge < -0.3 is 15.1 Å². The molecule has 4 rings (SSSR count). The Bertz CT molecular complexity index is 1160. The molecule has 0 unspecified atom stereocenters. The summed E-state index contributed by atoms with van der Waals surface area (Å²) >= 11 is 6.34. The van der Waals surface area contributed by atoms with E-state index in [-0.39, 0.29) is 5.91 Å². The lowest BCUT2D eigenvalue weighted by Crippen LogP contribution is -2.24. The van der Waals surface area contributed by atoms with Gasteiger partial charge in [-0.05, 0) is 36.5 Å². The van der Waals surface area contributed by atoms with E-state index in [1.165, 1.54) is 6.26 Å². The summed E-state index contributed by atoms with van der Waals surface area (Å²) in [6.07, 6.45) is 4.72. The first-order chi connectivity index (χ1) is 14.6. The molecule has 0 saturated carbocycles. The van der Waals surface area contributed by atoms with E-state index in [0.717, 1.165) is 24.2 Å². The van der Waals surface area contributed by atoms with Gasteiger partial charge in [-0.1, -0.05) is 29.8 Å². The SMILES string of the molecule is [B]c1cnn2c(NCCCCNC(=O)c3ccco3)cc(-c3ccccc3Cl)nc12. The van der Waals surface area contributed by atoms with E-state index < -0.39 is 0 Å². The monoisotopic (exact) mass is 419 g/mol. The number of anilines is 1. The van der Waals surface area contributed by atoms with Crippen LogP contribution in [-0.2, 0) is 0 Å². The number of nitrogens with one attached hydrogen (secondary N) is 2. The van der Waals surface area contributed by atoms with Crippen molar-refractivity contribution < 1.29 is 9.21 Å². The van der Waals surface area contributed by atoms with Crippen LogP contribution in [0.25, 0.3) is 16.9 Å². The van der Waals surface area contributed by atoms with E-state index in [9.17, 15) is 4.79 Å². The summed E-state index contributed by atoms with van der Waals surface area (Å²) in [5.74, 6) is 0.877. The van der Waals surface area contributed by atoms with Crippen molar-refractivity contribution in [1.29, 1.82) is 0 Å². The van der Waals surface area contributed by atoms with Gasteiger partial charge in [0.1, 0.15) is 13.7 Å². The number of fused-ring (bicyclic) bond motifs is 1. The van der Waals surface area contributed by atoms with Crippen molar-refractivity contribution in [3.8, 4) is 11.3 Å². The van der Waals surface area contributed by atoms with Crippen molar-refractivity contribution in [2.45, 2.75) is 12.8 Å². The van der Waals surface area contributed by atoms with Crippen LogP contribution in [0.15, 0.2) is 59.3 Å². The number of rotatable bonds is 8. The fourth-order valence-electron chi connectivity index (χ4n) is 3.08. The molecule has 1 amide bonds. The van der Waals surface area contributed by atoms with Gasteiger partial charge in [0.2, 0.25) is 0 Å². The Balaban J connectivity index is 1.40. The van der Waals surface area contributed by atoms with E-state index in [0.29, 0.717) is 40.7 Å². The highest BCUT2D eigenvalue weighted by Crippen LogP contribution is 2.28. The second-order valence-electron chi connectivity index (χ2n) is 6.71. The fraction of sp³-hybridized carbons (Fsp3) is 0.190. The summed E-state index contributed by atoms with van der Waals surface area (Å²) < 4.78 is 6.75. The molecule has 9 heteroatoms. The number of hydrogen-bond acceptors (Lipinski definition) is 5. The van der Waals surface area contributed by atoms with Crippen molar-refractivity contribution in [3.05, 3.63) is 65.7 Å². The molecule has 0 atom stereocenters. The maximum absolute atomic E-state index is 11.8. The van der Waals surface area contributed by atoms with Gasteiger partial charge in [0.15, 0.2) is 11.4 Å². The maximum atomic E-state index is 11.8. The minimum Gasteiger partial charge on any atom is -0.459 e. The number of benzene rings is 1. The molecular weight excluding hydrogens is 401 g/mol. The predicted octanol–water partition coefficient (Wildman–Crippen LogP) is 3.06. The van der Waals surface area contributed by atoms with Gasteiger partial charge in [-0.3, -0.25) is 4.79 Å². The summed E-state index contributed by atoms with van der Waals surface area (Å²) in [4.78, 5) is 16.5. The van der Waals surface area contributed by atoms with Gasteiger partial charge >= 0.3 is 0 Å². The summed E-state index contributed by atoms with van der Waals surface area (Å²) in [6, 6.07) is 12.8. The number of carbonyl (C=O) groups excluding carboxylic acids is 1. The lowest BCUT2D eigenvalue weighted by atomic mass is 10.0. The van der Waals surface area contributed by atoms with Crippen molar-refractivity contribution >= 4 is 42.3 Å². The summed E-state index contributed by atoms with van der Waals surface area (Å²) in [7, 11) is 6.04. The number of aromatic nitrogens is 3. The Morgan fingerprint density at radius 3 is 2.80 bits per heavy atom. The summed E-state index contributed by atoms with van der Waals surface area (Å²) in [5.41, 5.74) is 2.60. The number of halogens is 1. The van der Waals surface area contributed by atoms with Crippen LogP contribution in [0, 0.1) is 0 Å². The van der Waals surface area contributed by atoms with Gasteiger partial charge in [-0.15, -0.1) is 0 Å². The molecule has 0 aliphatic heterocycles. The van der Waals surface area contributed by atoms with Crippen LogP contribution < -0.4 is 16.1 Å². The Morgan fingerprint density at radius 2 is 2.00 bits per heavy atom. The number of hydrogen-bond donors (Lipinski definition) is 2. The number of carbonyl (C=O) groups is 1. The molecule has 0 saturated heterocycles. The largest absolute Gasteiger partial charge is 0.459 e. The molecule has 30 heavy (non-hydrogen) atoms. The van der Waals surface area contributed by atoms with Crippen LogP contribution in [0.4, 0.5) is 5.82 Å². The quantitative estimate of drug-likeness (QED) is 0.339. The Kier molecular flexibility index (Phi) is 6.04. The van der Waals surface area contributed by atoms with E-state index in [4.69, 9.17) is 23.9 Å². The third-order valence-electron chi connectivity index (χ3n) is 4.59. The average Bonchev–Trinajstić information content (AvgIpc) is 3.41. The number of nitrogens with zero attached hydrogens (tertiary/aromatic N) is 3. The van der Waals surface area contributed by atoms with Crippen molar-refractivity contribution in [1.82, 2.24) is 19.9 Å². The molecule has 2 radical (unpaired) electrons. The second kappa shape index (κ2) is 9.05. The second-order valence-corrected chi connectivity index (χ2v) is 7.12. The fourth-order valence-corrected chi connectivity index (χ4v) is 3.31. The zero-order valence-electron chi connectivity index (χ0n) is 16.1. The zero-order valence-corrected chi connectivity index (χ0v) is 16.9. The maximum Gasteiger partial charge on any atom is 0.286 e. The molecule has 2 N–H and O–H groups in total. The Morgan fingerprint density at radius 1 is 1.17 bits per heavy atom. The molecular formula is C21H19BClN5O2. The first-order valence-electron chi connectivity index (χ1n) is 9.58. The average molecular weight is 420 g/mol. The van der Waals surface area contributed by atoms with Crippen LogP contribution in [0.2, 0.25) is 5.02 Å². The molecule has 3 aromatic heterocycles. The van der Waals surface area contributed by atoms with Gasteiger partial charge in [0, 0.05) is 35.9 Å². The zero-order chi connectivity index (χ0) is 20.9. The van der Waals surface area contributed by atoms with Crippen LogP contribution in [-0.4, -0.2) is 41.4 Å². The highest BCUT2D eigenvalue weighted by atomic mass is 35.5. The molecule has 3 heterocycles. The minimum absolute atomic E-state index is 0.208. The molecule has 0 bridgehead atoms. The standard InChI is InChI=1S/C21H19BClN5O2/c22-15-13-26-28-19(12-17(27-20(15)28)14-6-1-2-7-16(14)23)24-9-3-4-10-25-21(29)18-8-5-11-30-18/h1-2,5-8,11-13,24H,3-4,9-10H2,(H,25,29). The van der Waals surface area contributed by atoms with Crippen molar-refractivity contribution in [2.75, 3.05) is 18.4 Å². The van der Waals surface area contributed by atoms with Crippen LogP contribution in [0.5, 0.6) is 0 Å². The number of unbranched alkanes of at least 4 members (excludes halogenated alkanes) is 1. The third kappa shape index (κ3) is 4.33. The third-order valence-corrected chi connectivity index (χ3v) is 4.92. The number of amides is 1. The van der Waals surface area contributed by atoms with Crippen LogP contribution in [0.1, 0.15) is 23.4 Å². The molecule has 150 valence electrons. The van der Waals surface area contributed by atoms with E-state index >= 15 is 0 Å². The molecule has 0 aliphatic carbocycles. The molecule has 0 fully saturated rings. The first-order valence-corrected chi connectivity index (χ1v) is 9.96. The molecule has 0 spiro atoms. The van der Waals surface area contributed by atoms with Crippen LogP contribution >= 0.6 is 11.6 Å².